The minimum atomic E-state index is -0.188. The van der Waals surface area contributed by atoms with Crippen LogP contribution in [0.15, 0.2) is 42.5 Å². The standard InChI is InChI=1S/C19H22N2O3/c1-13-4-9-18(24-3)17(12-13)21-19(23)16-7-5-15(6-8-16)10-11-20-14(2)22/h4-9,12H,10-11H2,1-3H3,(H,20,22)(H,21,23). The number of nitrogens with one attached hydrogen (secondary N) is 2. The van der Waals surface area contributed by atoms with Gasteiger partial charge in [0.15, 0.2) is 0 Å². The fourth-order valence-electron chi connectivity index (χ4n) is 2.32. The first-order valence-electron chi connectivity index (χ1n) is 7.79. The van der Waals surface area contributed by atoms with Crippen LogP contribution in [-0.4, -0.2) is 25.5 Å². The molecule has 0 unspecified atom stereocenters. The molecule has 24 heavy (non-hydrogen) atoms. The van der Waals surface area contributed by atoms with Crippen molar-refractivity contribution >= 4 is 17.5 Å². The number of benzene rings is 2. The number of aryl methyl sites for hydroxylation is 1. The van der Waals surface area contributed by atoms with Crippen molar-refractivity contribution in [3.05, 3.63) is 59.2 Å². The first-order valence-corrected chi connectivity index (χ1v) is 7.79. The van der Waals surface area contributed by atoms with Gasteiger partial charge in [-0.25, -0.2) is 0 Å². The first kappa shape index (κ1) is 17.5. The summed E-state index contributed by atoms with van der Waals surface area (Å²) in [7, 11) is 1.57. The van der Waals surface area contributed by atoms with E-state index in [1.165, 1.54) is 6.92 Å². The Morgan fingerprint density at radius 2 is 1.79 bits per heavy atom. The summed E-state index contributed by atoms with van der Waals surface area (Å²) in [4.78, 5) is 23.2. The lowest BCUT2D eigenvalue weighted by atomic mass is 10.1. The van der Waals surface area contributed by atoms with Crippen LogP contribution in [0.3, 0.4) is 0 Å². The molecule has 0 heterocycles. The summed E-state index contributed by atoms with van der Waals surface area (Å²) in [6, 6.07) is 13.0. The van der Waals surface area contributed by atoms with E-state index in [1.54, 1.807) is 19.2 Å². The number of carbonyl (C=O) groups excluding carboxylic acids is 2. The molecule has 0 aliphatic carbocycles. The zero-order chi connectivity index (χ0) is 17.5. The molecule has 0 aromatic heterocycles. The largest absolute Gasteiger partial charge is 0.495 e. The van der Waals surface area contributed by atoms with Crippen molar-refractivity contribution in [2.24, 2.45) is 0 Å². The fourth-order valence-corrected chi connectivity index (χ4v) is 2.32. The smallest absolute Gasteiger partial charge is 0.255 e. The van der Waals surface area contributed by atoms with Gasteiger partial charge in [-0.15, -0.1) is 0 Å². The van der Waals surface area contributed by atoms with E-state index in [9.17, 15) is 9.59 Å². The van der Waals surface area contributed by atoms with E-state index >= 15 is 0 Å². The molecule has 2 aromatic rings. The van der Waals surface area contributed by atoms with Gasteiger partial charge in [-0.05, 0) is 48.7 Å². The van der Waals surface area contributed by atoms with Crippen LogP contribution in [0.5, 0.6) is 5.75 Å². The summed E-state index contributed by atoms with van der Waals surface area (Å²) in [5.74, 6) is 0.395. The molecule has 2 aromatic carbocycles. The number of amides is 2. The molecule has 126 valence electrons. The normalized spacial score (nSPS) is 10.1. The maximum atomic E-state index is 12.4. The molecular formula is C19H22N2O3. The predicted octanol–water partition coefficient (Wildman–Crippen LogP) is 2.93. The van der Waals surface area contributed by atoms with E-state index in [0.29, 0.717) is 23.5 Å². The molecule has 0 atom stereocenters. The van der Waals surface area contributed by atoms with Gasteiger partial charge in [0.2, 0.25) is 5.91 Å². The second-order valence-corrected chi connectivity index (χ2v) is 5.59. The molecule has 0 aliphatic heterocycles. The molecule has 0 aliphatic rings. The molecule has 2 rings (SSSR count). The van der Waals surface area contributed by atoms with Crippen LogP contribution in [0.25, 0.3) is 0 Å². The molecular weight excluding hydrogens is 304 g/mol. The lowest BCUT2D eigenvalue weighted by Gasteiger charge is -2.11. The molecule has 0 bridgehead atoms. The van der Waals surface area contributed by atoms with Crippen LogP contribution in [0, 0.1) is 6.92 Å². The van der Waals surface area contributed by atoms with Crippen molar-refractivity contribution in [3.8, 4) is 5.75 Å². The molecule has 2 N–H and O–H groups in total. The number of carbonyl (C=O) groups is 2. The number of hydrogen-bond donors (Lipinski definition) is 2. The van der Waals surface area contributed by atoms with E-state index in [0.717, 1.165) is 17.5 Å². The third-order valence-electron chi connectivity index (χ3n) is 3.61. The maximum Gasteiger partial charge on any atom is 0.255 e. The van der Waals surface area contributed by atoms with Gasteiger partial charge >= 0.3 is 0 Å². The van der Waals surface area contributed by atoms with E-state index in [2.05, 4.69) is 10.6 Å². The van der Waals surface area contributed by atoms with E-state index < -0.39 is 0 Å². The van der Waals surface area contributed by atoms with Crippen LogP contribution in [0.1, 0.15) is 28.4 Å². The van der Waals surface area contributed by atoms with Gasteiger partial charge in [-0.1, -0.05) is 18.2 Å². The van der Waals surface area contributed by atoms with Gasteiger partial charge < -0.3 is 15.4 Å². The first-order chi connectivity index (χ1) is 11.5. The predicted molar refractivity (Wildman–Crippen MR) is 94.5 cm³/mol. The SMILES string of the molecule is COc1ccc(C)cc1NC(=O)c1ccc(CCNC(C)=O)cc1. The molecule has 0 saturated heterocycles. The molecule has 5 nitrogen and oxygen atoms in total. The quantitative estimate of drug-likeness (QED) is 0.857. The third-order valence-corrected chi connectivity index (χ3v) is 3.61. The molecule has 0 spiro atoms. The van der Waals surface area contributed by atoms with Gasteiger partial charge in [0.05, 0.1) is 12.8 Å². The van der Waals surface area contributed by atoms with Crippen LogP contribution in [0.4, 0.5) is 5.69 Å². The summed E-state index contributed by atoms with van der Waals surface area (Å²) in [6.07, 6.45) is 0.729. The van der Waals surface area contributed by atoms with Crippen molar-refractivity contribution < 1.29 is 14.3 Å². The summed E-state index contributed by atoms with van der Waals surface area (Å²) >= 11 is 0. The summed E-state index contributed by atoms with van der Waals surface area (Å²) in [6.45, 7) is 4.04. The number of ether oxygens (including phenoxy) is 1. The monoisotopic (exact) mass is 326 g/mol. The average molecular weight is 326 g/mol. The Hall–Kier alpha value is -2.82. The highest BCUT2D eigenvalue weighted by molar-refractivity contribution is 6.05. The highest BCUT2D eigenvalue weighted by Crippen LogP contribution is 2.25. The summed E-state index contributed by atoms with van der Waals surface area (Å²) < 4.78 is 5.27. The number of hydrogen-bond acceptors (Lipinski definition) is 3. The van der Waals surface area contributed by atoms with Crippen molar-refractivity contribution in [3.63, 3.8) is 0 Å². The van der Waals surface area contributed by atoms with Crippen molar-refractivity contribution in [1.82, 2.24) is 5.32 Å². The highest BCUT2D eigenvalue weighted by atomic mass is 16.5. The van der Waals surface area contributed by atoms with Crippen molar-refractivity contribution in [2.75, 3.05) is 19.0 Å². The van der Waals surface area contributed by atoms with Crippen LogP contribution in [0.2, 0.25) is 0 Å². The van der Waals surface area contributed by atoms with Crippen LogP contribution >= 0.6 is 0 Å². The van der Waals surface area contributed by atoms with Crippen molar-refractivity contribution in [1.29, 1.82) is 0 Å². The molecule has 0 fully saturated rings. The van der Waals surface area contributed by atoms with Gasteiger partial charge in [0.1, 0.15) is 5.75 Å². The third kappa shape index (κ3) is 4.84. The summed E-state index contributed by atoms with van der Waals surface area (Å²) in [5, 5.41) is 5.63. The molecule has 0 saturated carbocycles. The molecule has 5 heteroatoms. The van der Waals surface area contributed by atoms with E-state index in [-0.39, 0.29) is 11.8 Å². The Morgan fingerprint density at radius 1 is 1.08 bits per heavy atom. The lowest BCUT2D eigenvalue weighted by Crippen LogP contribution is -2.22. The Labute approximate surface area is 142 Å². The zero-order valence-electron chi connectivity index (χ0n) is 14.2. The number of anilines is 1. The average Bonchev–Trinajstić information content (AvgIpc) is 2.55. The van der Waals surface area contributed by atoms with Gasteiger partial charge in [-0.3, -0.25) is 9.59 Å². The Bertz CT molecular complexity index is 724. The fraction of sp³-hybridized carbons (Fsp3) is 0.263. The minimum Gasteiger partial charge on any atom is -0.495 e. The van der Waals surface area contributed by atoms with Gasteiger partial charge in [0.25, 0.3) is 5.91 Å². The Morgan fingerprint density at radius 3 is 2.42 bits per heavy atom. The highest BCUT2D eigenvalue weighted by Gasteiger charge is 2.10. The van der Waals surface area contributed by atoms with Crippen LogP contribution in [-0.2, 0) is 11.2 Å². The van der Waals surface area contributed by atoms with E-state index in [1.807, 2.05) is 37.3 Å². The number of methoxy groups -OCH3 is 1. The topological polar surface area (TPSA) is 67.4 Å². The molecule has 2 amide bonds. The zero-order valence-corrected chi connectivity index (χ0v) is 14.2. The van der Waals surface area contributed by atoms with E-state index in [4.69, 9.17) is 4.74 Å². The number of rotatable bonds is 6. The Balaban J connectivity index is 2.02. The second kappa shape index (κ2) is 8.15. The Kier molecular flexibility index (Phi) is 5.95. The van der Waals surface area contributed by atoms with Crippen LogP contribution < -0.4 is 15.4 Å². The summed E-state index contributed by atoms with van der Waals surface area (Å²) in [5.41, 5.74) is 3.33. The molecule has 0 radical (unpaired) electrons. The maximum absolute atomic E-state index is 12.4. The minimum absolute atomic E-state index is 0.0434. The van der Waals surface area contributed by atoms with Gasteiger partial charge in [0, 0.05) is 19.0 Å². The lowest BCUT2D eigenvalue weighted by molar-refractivity contribution is -0.118. The second-order valence-electron chi connectivity index (χ2n) is 5.59. The van der Waals surface area contributed by atoms with Gasteiger partial charge in [-0.2, -0.15) is 0 Å². The van der Waals surface area contributed by atoms with Crippen molar-refractivity contribution in [2.45, 2.75) is 20.3 Å².